The Kier molecular flexibility index (Phi) is 4.19. The summed E-state index contributed by atoms with van der Waals surface area (Å²) < 4.78 is 13.5. The largest absolute Gasteiger partial charge is 0.370 e. The topological polar surface area (TPSA) is 28.2 Å². The Morgan fingerprint density at radius 1 is 1.50 bits per heavy atom. The van der Waals surface area contributed by atoms with Crippen molar-refractivity contribution < 1.29 is 4.39 Å². The minimum atomic E-state index is -0.358. The molecule has 2 aromatic rings. The SMILES string of the molecule is Fc1cc(N2CCC(NCc3cscn3)C2)ccc1Cl. The summed E-state index contributed by atoms with van der Waals surface area (Å²) in [5.41, 5.74) is 3.81. The number of hydrogen-bond donors (Lipinski definition) is 1. The third-order valence-corrected chi connectivity index (χ3v) is 4.45. The van der Waals surface area contributed by atoms with Crippen LogP contribution < -0.4 is 10.2 Å². The molecule has 1 saturated heterocycles. The third-order valence-electron chi connectivity index (χ3n) is 3.51. The molecule has 106 valence electrons. The lowest BCUT2D eigenvalue weighted by atomic mass is 10.2. The number of aromatic nitrogens is 1. The predicted octanol–water partition coefficient (Wildman–Crippen LogP) is 3.30. The number of nitrogens with one attached hydrogen (secondary N) is 1. The first-order valence-corrected chi connectivity index (χ1v) is 7.85. The van der Waals surface area contributed by atoms with Crippen LogP contribution >= 0.6 is 22.9 Å². The molecule has 0 radical (unpaired) electrons. The van der Waals surface area contributed by atoms with Gasteiger partial charge in [0, 0.05) is 36.7 Å². The van der Waals surface area contributed by atoms with Gasteiger partial charge in [-0.1, -0.05) is 11.6 Å². The van der Waals surface area contributed by atoms with Gasteiger partial charge in [-0.25, -0.2) is 9.37 Å². The molecule has 1 fully saturated rings. The molecular weight excluding hydrogens is 297 g/mol. The molecule has 3 rings (SSSR count). The highest BCUT2D eigenvalue weighted by Gasteiger charge is 2.22. The van der Waals surface area contributed by atoms with Crippen LogP contribution in [0.25, 0.3) is 0 Å². The Balaban J connectivity index is 1.57. The van der Waals surface area contributed by atoms with Gasteiger partial charge in [0.1, 0.15) is 5.82 Å². The van der Waals surface area contributed by atoms with Crippen LogP contribution in [0.5, 0.6) is 0 Å². The van der Waals surface area contributed by atoms with E-state index in [1.54, 1.807) is 17.4 Å². The summed E-state index contributed by atoms with van der Waals surface area (Å²) in [6, 6.07) is 5.40. The van der Waals surface area contributed by atoms with Crippen LogP contribution in [0, 0.1) is 5.82 Å². The van der Waals surface area contributed by atoms with E-state index < -0.39 is 0 Å². The normalized spacial score (nSPS) is 18.7. The minimum absolute atomic E-state index is 0.172. The quantitative estimate of drug-likeness (QED) is 0.939. The van der Waals surface area contributed by atoms with Crippen molar-refractivity contribution >= 4 is 28.6 Å². The van der Waals surface area contributed by atoms with Crippen molar-refractivity contribution in [3.05, 3.63) is 45.6 Å². The zero-order valence-corrected chi connectivity index (χ0v) is 12.4. The molecule has 20 heavy (non-hydrogen) atoms. The van der Waals surface area contributed by atoms with Crippen molar-refractivity contribution in [2.75, 3.05) is 18.0 Å². The maximum Gasteiger partial charge on any atom is 0.143 e. The van der Waals surface area contributed by atoms with Gasteiger partial charge in [-0.05, 0) is 24.6 Å². The Bertz CT molecular complexity index is 576. The second kappa shape index (κ2) is 6.08. The van der Waals surface area contributed by atoms with Crippen molar-refractivity contribution in [1.82, 2.24) is 10.3 Å². The van der Waals surface area contributed by atoms with E-state index in [4.69, 9.17) is 11.6 Å². The first-order chi connectivity index (χ1) is 9.72. The van der Waals surface area contributed by atoms with E-state index in [1.165, 1.54) is 6.07 Å². The molecule has 0 amide bonds. The summed E-state index contributed by atoms with van der Waals surface area (Å²) >= 11 is 7.32. The van der Waals surface area contributed by atoms with Gasteiger partial charge in [-0.15, -0.1) is 11.3 Å². The average molecular weight is 312 g/mol. The number of thiazole rings is 1. The molecule has 0 aliphatic carbocycles. The van der Waals surface area contributed by atoms with E-state index in [-0.39, 0.29) is 10.8 Å². The molecule has 3 nitrogen and oxygen atoms in total. The standard InChI is InChI=1S/C14H15ClFN3S/c15-13-2-1-12(5-14(13)16)19-4-3-10(7-19)17-6-11-8-20-9-18-11/h1-2,5,8-10,17H,3-4,6-7H2. The summed E-state index contributed by atoms with van der Waals surface area (Å²) in [6.45, 7) is 2.60. The van der Waals surface area contributed by atoms with Gasteiger partial charge in [0.15, 0.2) is 0 Å². The number of hydrogen-bond acceptors (Lipinski definition) is 4. The van der Waals surface area contributed by atoms with E-state index in [0.29, 0.717) is 6.04 Å². The van der Waals surface area contributed by atoms with Crippen LogP contribution in [0.2, 0.25) is 5.02 Å². The van der Waals surface area contributed by atoms with E-state index in [2.05, 4.69) is 15.2 Å². The number of nitrogens with zero attached hydrogens (tertiary/aromatic N) is 2. The molecule has 0 spiro atoms. The lowest BCUT2D eigenvalue weighted by Crippen LogP contribution is -2.32. The molecule has 1 aromatic carbocycles. The molecular formula is C14H15ClFN3S. The fourth-order valence-corrected chi connectivity index (χ4v) is 3.09. The molecule has 1 aromatic heterocycles. The van der Waals surface area contributed by atoms with Crippen LogP contribution in [0.3, 0.4) is 0 Å². The van der Waals surface area contributed by atoms with Crippen LogP contribution in [0.15, 0.2) is 29.1 Å². The maximum absolute atomic E-state index is 13.5. The summed E-state index contributed by atoms with van der Waals surface area (Å²) in [5.74, 6) is -0.358. The van der Waals surface area contributed by atoms with Gasteiger partial charge in [0.2, 0.25) is 0 Å². The first kappa shape index (κ1) is 13.8. The number of rotatable bonds is 4. The summed E-state index contributed by atoms with van der Waals surface area (Å²) in [7, 11) is 0. The lowest BCUT2D eigenvalue weighted by Gasteiger charge is -2.19. The second-order valence-corrected chi connectivity index (χ2v) is 6.02. The van der Waals surface area contributed by atoms with Gasteiger partial charge in [-0.2, -0.15) is 0 Å². The summed E-state index contributed by atoms with van der Waals surface area (Å²) in [4.78, 5) is 6.43. The average Bonchev–Trinajstić information content (AvgIpc) is 3.10. The molecule has 1 atom stereocenters. The molecule has 2 heterocycles. The third kappa shape index (κ3) is 3.11. The van der Waals surface area contributed by atoms with E-state index >= 15 is 0 Å². The Labute approximate surface area is 126 Å². The minimum Gasteiger partial charge on any atom is -0.370 e. The molecule has 1 aliphatic rings. The van der Waals surface area contributed by atoms with Gasteiger partial charge >= 0.3 is 0 Å². The van der Waals surface area contributed by atoms with Crippen LogP contribution in [0.4, 0.5) is 10.1 Å². The second-order valence-electron chi connectivity index (χ2n) is 4.89. The van der Waals surface area contributed by atoms with Gasteiger partial charge < -0.3 is 10.2 Å². The van der Waals surface area contributed by atoms with E-state index in [9.17, 15) is 4.39 Å². The smallest absolute Gasteiger partial charge is 0.143 e. The predicted molar refractivity (Wildman–Crippen MR) is 81.0 cm³/mol. The van der Waals surface area contributed by atoms with Gasteiger partial charge in [0.05, 0.1) is 16.2 Å². The fourth-order valence-electron chi connectivity index (χ4n) is 2.42. The Hall–Kier alpha value is -1.17. The Morgan fingerprint density at radius 2 is 2.40 bits per heavy atom. The summed E-state index contributed by atoms with van der Waals surface area (Å²) in [6.07, 6.45) is 1.05. The molecule has 1 N–H and O–H groups in total. The van der Waals surface area contributed by atoms with Crippen molar-refractivity contribution in [2.45, 2.75) is 19.0 Å². The van der Waals surface area contributed by atoms with Gasteiger partial charge in [0.25, 0.3) is 0 Å². The highest BCUT2D eigenvalue weighted by molar-refractivity contribution is 7.07. The van der Waals surface area contributed by atoms with E-state index in [0.717, 1.165) is 37.4 Å². The molecule has 1 unspecified atom stereocenters. The zero-order valence-electron chi connectivity index (χ0n) is 10.9. The lowest BCUT2D eigenvalue weighted by molar-refractivity contribution is 0.547. The highest BCUT2D eigenvalue weighted by Crippen LogP contribution is 2.25. The van der Waals surface area contributed by atoms with Crippen LogP contribution in [-0.4, -0.2) is 24.1 Å². The van der Waals surface area contributed by atoms with Gasteiger partial charge in [-0.3, -0.25) is 0 Å². The highest BCUT2D eigenvalue weighted by atomic mass is 35.5. The molecule has 0 saturated carbocycles. The van der Waals surface area contributed by atoms with Crippen molar-refractivity contribution in [3.8, 4) is 0 Å². The number of benzene rings is 1. The molecule has 1 aliphatic heterocycles. The fraction of sp³-hybridized carbons (Fsp3) is 0.357. The van der Waals surface area contributed by atoms with Crippen LogP contribution in [-0.2, 0) is 6.54 Å². The molecule has 6 heteroatoms. The van der Waals surface area contributed by atoms with Crippen molar-refractivity contribution in [3.63, 3.8) is 0 Å². The van der Waals surface area contributed by atoms with Crippen LogP contribution in [0.1, 0.15) is 12.1 Å². The monoisotopic (exact) mass is 311 g/mol. The zero-order chi connectivity index (χ0) is 13.9. The number of halogens is 2. The number of anilines is 1. The summed E-state index contributed by atoms with van der Waals surface area (Å²) in [5, 5.41) is 5.71. The van der Waals surface area contributed by atoms with Crippen molar-refractivity contribution in [2.24, 2.45) is 0 Å². The Morgan fingerprint density at radius 3 is 3.15 bits per heavy atom. The first-order valence-electron chi connectivity index (χ1n) is 6.53. The van der Waals surface area contributed by atoms with E-state index in [1.807, 2.05) is 17.0 Å². The van der Waals surface area contributed by atoms with Crippen molar-refractivity contribution in [1.29, 1.82) is 0 Å². The molecule has 0 bridgehead atoms. The maximum atomic E-state index is 13.5.